The van der Waals surface area contributed by atoms with Crippen molar-refractivity contribution in [2.75, 3.05) is 12.4 Å². The molecule has 0 radical (unpaired) electrons. The van der Waals surface area contributed by atoms with E-state index in [1.165, 1.54) is 6.92 Å². The van der Waals surface area contributed by atoms with Crippen molar-refractivity contribution in [1.29, 1.82) is 0 Å². The van der Waals surface area contributed by atoms with E-state index in [-0.39, 0.29) is 36.9 Å². The van der Waals surface area contributed by atoms with Crippen molar-refractivity contribution >= 4 is 22.1 Å². The summed E-state index contributed by atoms with van der Waals surface area (Å²) in [6.07, 6.45) is -12.3. The van der Waals surface area contributed by atoms with E-state index in [9.17, 15) is 44.3 Å². The lowest BCUT2D eigenvalue weighted by Crippen LogP contribution is -2.64. The number of hydrogen-bond acceptors (Lipinski definition) is 6. The number of rotatable bonds is 7. The number of alkyl halides is 6. The molecule has 0 saturated heterocycles. The van der Waals surface area contributed by atoms with Gasteiger partial charge in [-0.15, -0.1) is 0 Å². The van der Waals surface area contributed by atoms with Crippen LogP contribution in [0.5, 0.6) is 0 Å². The van der Waals surface area contributed by atoms with Crippen LogP contribution < -0.4 is 0 Å². The second kappa shape index (κ2) is 8.26. The molecule has 2 saturated carbocycles. The zero-order chi connectivity index (χ0) is 24.0. The van der Waals surface area contributed by atoms with Crippen molar-refractivity contribution in [2.45, 2.75) is 44.1 Å². The van der Waals surface area contributed by atoms with Gasteiger partial charge in [-0.05, 0) is 43.9 Å². The van der Waals surface area contributed by atoms with Crippen LogP contribution in [-0.2, 0) is 29.2 Å². The third-order valence-corrected chi connectivity index (χ3v) is 6.43. The molecular weight excluding hydrogens is 462 g/mol. The number of halogens is 6. The minimum Gasteiger partial charge on any atom is -0.462 e. The van der Waals surface area contributed by atoms with Crippen molar-refractivity contribution in [3.05, 3.63) is 12.2 Å². The summed E-state index contributed by atoms with van der Waals surface area (Å²) < 4.78 is 119. The highest BCUT2D eigenvalue weighted by Gasteiger charge is 2.76. The van der Waals surface area contributed by atoms with Crippen LogP contribution in [-0.4, -0.2) is 55.2 Å². The highest BCUT2D eigenvalue weighted by molar-refractivity contribution is 7.85. The number of carbonyl (C=O) groups is 2. The second-order valence-corrected chi connectivity index (χ2v) is 9.40. The molecule has 7 nitrogen and oxygen atoms in total. The molecule has 2 rings (SSSR count). The van der Waals surface area contributed by atoms with Crippen LogP contribution in [0.25, 0.3) is 0 Å². The average molecular weight is 482 g/mol. The SMILES string of the molecule is C=C(C)C(=O)OCC1CC2CC1CC2C(=O)OC(CS(=O)(=O)O)(C(F)(F)F)C(F)(F)F. The molecule has 0 spiro atoms. The predicted molar refractivity (Wildman–Crippen MR) is 90.9 cm³/mol. The van der Waals surface area contributed by atoms with Gasteiger partial charge in [0.15, 0.2) is 0 Å². The first-order valence-electron chi connectivity index (χ1n) is 9.02. The third kappa shape index (κ3) is 5.33. The van der Waals surface area contributed by atoms with Gasteiger partial charge in [0.25, 0.3) is 10.1 Å². The van der Waals surface area contributed by atoms with Gasteiger partial charge in [-0.3, -0.25) is 9.35 Å². The van der Waals surface area contributed by atoms with Crippen LogP contribution >= 0.6 is 0 Å². The molecule has 1 N–H and O–H groups in total. The highest BCUT2D eigenvalue weighted by atomic mass is 32.2. The van der Waals surface area contributed by atoms with Crippen LogP contribution in [0, 0.1) is 23.7 Å². The zero-order valence-corrected chi connectivity index (χ0v) is 16.9. The quantitative estimate of drug-likeness (QED) is 0.257. The topological polar surface area (TPSA) is 107 Å². The minimum atomic E-state index is -6.35. The Hall–Kier alpha value is -1.83. The van der Waals surface area contributed by atoms with E-state index in [4.69, 9.17) is 9.29 Å². The van der Waals surface area contributed by atoms with E-state index in [1.54, 1.807) is 0 Å². The number of ether oxygens (including phenoxy) is 2. The molecule has 0 aromatic heterocycles. The molecule has 178 valence electrons. The molecule has 2 fully saturated rings. The van der Waals surface area contributed by atoms with E-state index >= 15 is 0 Å². The first-order valence-corrected chi connectivity index (χ1v) is 10.6. The first-order chi connectivity index (χ1) is 13.9. The Kier molecular flexibility index (Phi) is 6.78. The maximum absolute atomic E-state index is 13.3. The molecule has 0 aromatic carbocycles. The van der Waals surface area contributed by atoms with E-state index in [1.807, 2.05) is 0 Å². The predicted octanol–water partition coefficient (Wildman–Crippen LogP) is 3.06. The van der Waals surface area contributed by atoms with Crippen LogP contribution in [0.3, 0.4) is 0 Å². The monoisotopic (exact) mass is 482 g/mol. The molecule has 14 heteroatoms. The molecule has 0 aliphatic heterocycles. The molecular formula is C17H20F6O7S. The van der Waals surface area contributed by atoms with Crippen molar-refractivity contribution in [2.24, 2.45) is 23.7 Å². The van der Waals surface area contributed by atoms with Gasteiger partial charge in [0.2, 0.25) is 0 Å². The van der Waals surface area contributed by atoms with Crippen LogP contribution in [0.1, 0.15) is 26.2 Å². The van der Waals surface area contributed by atoms with E-state index in [2.05, 4.69) is 11.3 Å². The van der Waals surface area contributed by atoms with Crippen molar-refractivity contribution < 1.29 is 58.4 Å². The maximum atomic E-state index is 13.3. The molecule has 2 aliphatic carbocycles. The lowest BCUT2D eigenvalue weighted by atomic mass is 9.82. The molecule has 2 bridgehead atoms. The molecule has 4 atom stereocenters. The Labute approximate surface area is 173 Å². The maximum Gasteiger partial charge on any atom is 0.438 e. The Balaban J connectivity index is 2.16. The third-order valence-electron chi connectivity index (χ3n) is 5.66. The summed E-state index contributed by atoms with van der Waals surface area (Å²) >= 11 is 0. The summed E-state index contributed by atoms with van der Waals surface area (Å²) in [6, 6.07) is 0. The summed E-state index contributed by atoms with van der Waals surface area (Å²) in [6.45, 7) is 4.79. The number of fused-ring (bicyclic) bond motifs is 2. The second-order valence-electron chi connectivity index (χ2n) is 7.94. The Bertz CT molecular complexity index is 834. The minimum absolute atomic E-state index is 0.0353. The highest BCUT2D eigenvalue weighted by Crippen LogP contribution is 2.54. The summed E-state index contributed by atoms with van der Waals surface area (Å²) in [5.41, 5.74) is -5.25. The molecule has 2 aliphatic rings. The van der Waals surface area contributed by atoms with Gasteiger partial charge in [0, 0.05) is 5.57 Å². The van der Waals surface area contributed by atoms with Gasteiger partial charge in [-0.2, -0.15) is 34.8 Å². The molecule has 0 aromatic rings. The van der Waals surface area contributed by atoms with Gasteiger partial charge in [-0.25, -0.2) is 4.79 Å². The summed E-state index contributed by atoms with van der Waals surface area (Å²) in [5, 5.41) is 0. The Morgan fingerprint density at radius 3 is 1.97 bits per heavy atom. The number of carbonyl (C=O) groups excluding carboxylic acids is 2. The van der Waals surface area contributed by atoms with Gasteiger partial charge < -0.3 is 9.47 Å². The molecule has 4 unspecified atom stereocenters. The van der Waals surface area contributed by atoms with Crippen molar-refractivity contribution in [3.63, 3.8) is 0 Å². The van der Waals surface area contributed by atoms with E-state index in [0.29, 0.717) is 6.42 Å². The normalized spacial score (nSPS) is 26.6. The molecule has 31 heavy (non-hydrogen) atoms. The Morgan fingerprint density at radius 1 is 1.03 bits per heavy atom. The fourth-order valence-corrected chi connectivity index (χ4v) is 5.07. The molecule has 0 heterocycles. The zero-order valence-electron chi connectivity index (χ0n) is 16.1. The largest absolute Gasteiger partial charge is 0.462 e. The van der Waals surface area contributed by atoms with Crippen molar-refractivity contribution in [3.8, 4) is 0 Å². The van der Waals surface area contributed by atoms with Gasteiger partial charge in [0.05, 0.1) is 12.5 Å². The summed E-state index contributed by atoms with van der Waals surface area (Å²) in [4.78, 5) is 23.8. The van der Waals surface area contributed by atoms with Crippen LogP contribution in [0.4, 0.5) is 26.3 Å². The Morgan fingerprint density at radius 2 is 1.58 bits per heavy atom. The smallest absolute Gasteiger partial charge is 0.438 e. The number of hydrogen-bond donors (Lipinski definition) is 1. The number of esters is 2. The summed E-state index contributed by atoms with van der Waals surface area (Å²) in [7, 11) is -5.83. The summed E-state index contributed by atoms with van der Waals surface area (Å²) in [5.74, 6) is -7.86. The lowest BCUT2D eigenvalue weighted by Gasteiger charge is -2.37. The van der Waals surface area contributed by atoms with Gasteiger partial charge in [-0.1, -0.05) is 6.58 Å². The fourth-order valence-electron chi connectivity index (χ4n) is 4.17. The average Bonchev–Trinajstić information content (AvgIpc) is 3.15. The standard InChI is InChI=1S/C17H20F6O7S/c1-8(2)13(24)29-6-11-4-10-3-9(11)5-12(10)14(25)30-15(16(18,19)20,17(21,22)23)7-31(26,27)28/h9-12H,1,3-7H2,2H3,(H,26,27,28). The van der Waals surface area contributed by atoms with Gasteiger partial charge >= 0.3 is 29.9 Å². The van der Waals surface area contributed by atoms with Crippen LogP contribution in [0.2, 0.25) is 0 Å². The van der Waals surface area contributed by atoms with Gasteiger partial charge in [0.1, 0.15) is 5.75 Å². The fraction of sp³-hybridized carbons (Fsp3) is 0.765. The van der Waals surface area contributed by atoms with E-state index in [0.717, 1.165) is 0 Å². The molecule has 0 amide bonds. The van der Waals surface area contributed by atoms with Crippen LogP contribution in [0.15, 0.2) is 12.2 Å². The van der Waals surface area contributed by atoms with Crippen molar-refractivity contribution in [1.82, 2.24) is 0 Å². The lowest BCUT2D eigenvalue weighted by molar-refractivity contribution is -0.362. The first kappa shape index (κ1) is 25.4. The van der Waals surface area contributed by atoms with E-state index < -0.39 is 57.6 Å².